The Kier molecular flexibility index (Phi) is 2.05. The topological polar surface area (TPSA) is 21.3 Å². The van der Waals surface area contributed by atoms with Crippen molar-refractivity contribution in [2.75, 3.05) is 5.32 Å². The van der Waals surface area contributed by atoms with E-state index in [0.29, 0.717) is 6.04 Å². The van der Waals surface area contributed by atoms with Gasteiger partial charge in [0.25, 0.3) is 0 Å². The maximum absolute atomic E-state index is 6.14. The fourth-order valence-electron chi connectivity index (χ4n) is 3.19. The molecule has 0 bridgehead atoms. The molecule has 0 spiro atoms. The van der Waals surface area contributed by atoms with Crippen LogP contribution in [0.2, 0.25) is 0 Å². The van der Waals surface area contributed by atoms with Crippen molar-refractivity contribution in [2.45, 2.75) is 59.1 Å². The van der Waals surface area contributed by atoms with Crippen molar-refractivity contribution >= 4 is 5.69 Å². The van der Waals surface area contributed by atoms with Gasteiger partial charge in [-0.2, -0.15) is 0 Å². The highest BCUT2D eigenvalue weighted by Gasteiger charge is 2.37. The molecule has 2 heteroatoms. The lowest BCUT2D eigenvalue weighted by Crippen LogP contribution is -2.25. The molecule has 92 valence electrons. The second-order valence-corrected chi connectivity index (χ2v) is 6.20. The molecule has 0 fully saturated rings. The van der Waals surface area contributed by atoms with Crippen LogP contribution in [0.15, 0.2) is 0 Å². The van der Waals surface area contributed by atoms with Crippen LogP contribution in [0.25, 0.3) is 0 Å². The standard InChI is InChI=1S/C15H21NO/c1-8-6-11-12-7-15(4,5)17-14(12)10(3)9(2)13(11)16-8/h8,16H,6-7H2,1-5H3. The van der Waals surface area contributed by atoms with Crippen LogP contribution in [0.1, 0.15) is 43.0 Å². The average Bonchev–Trinajstić information content (AvgIpc) is 2.75. The number of hydrogen-bond donors (Lipinski definition) is 1. The van der Waals surface area contributed by atoms with Crippen molar-refractivity contribution in [3.05, 3.63) is 22.3 Å². The van der Waals surface area contributed by atoms with Gasteiger partial charge in [-0.05, 0) is 57.7 Å². The highest BCUT2D eigenvalue weighted by Crippen LogP contribution is 2.47. The summed E-state index contributed by atoms with van der Waals surface area (Å²) < 4.78 is 6.14. The Balaban J connectivity index is 2.23. The molecule has 1 N–H and O–H groups in total. The summed E-state index contributed by atoms with van der Waals surface area (Å²) >= 11 is 0. The monoisotopic (exact) mass is 231 g/mol. The zero-order valence-electron chi connectivity index (χ0n) is 11.4. The molecule has 3 rings (SSSR count). The largest absolute Gasteiger partial charge is 0.487 e. The van der Waals surface area contributed by atoms with Crippen LogP contribution in [0.5, 0.6) is 5.75 Å². The molecular formula is C15H21NO. The first-order chi connectivity index (χ1) is 7.89. The molecule has 0 aromatic heterocycles. The van der Waals surface area contributed by atoms with Crippen molar-refractivity contribution < 1.29 is 4.74 Å². The smallest absolute Gasteiger partial charge is 0.127 e. The molecule has 1 unspecified atom stereocenters. The van der Waals surface area contributed by atoms with Gasteiger partial charge in [-0.3, -0.25) is 0 Å². The van der Waals surface area contributed by atoms with Crippen LogP contribution in [0.4, 0.5) is 5.69 Å². The summed E-state index contributed by atoms with van der Waals surface area (Å²) in [6.07, 6.45) is 2.18. The van der Waals surface area contributed by atoms with Crippen molar-refractivity contribution in [2.24, 2.45) is 0 Å². The molecule has 2 aliphatic heterocycles. The van der Waals surface area contributed by atoms with Gasteiger partial charge in [-0.15, -0.1) is 0 Å². The Morgan fingerprint density at radius 2 is 1.88 bits per heavy atom. The summed E-state index contributed by atoms with van der Waals surface area (Å²) in [5, 5.41) is 3.61. The maximum Gasteiger partial charge on any atom is 0.127 e. The summed E-state index contributed by atoms with van der Waals surface area (Å²) in [7, 11) is 0. The SMILES string of the molecule is Cc1c(C)c2c(c3c1NC(C)C3)CC(C)(C)O2. The van der Waals surface area contributed by atoms with Gasteiger partial charge >= 0.3 is 0 Å². The predicted molar refractivity (Wildman–Crippen MR) is 71.1 cm³/mol. The number of benzene rings is 1. The molecule has 0 saturated heterocycles. The second kappa shape index (κ2) is 3.18. The van der Waals surface area contributed by atoms with Crippen molar-refractivity contribution in [3.8, 4) is 5.75 Å². The Morgan fingerprint density at radius 3 is 2.59 bits per heavy atom. The van der Waals surface area contributed by atoms with Crippen LogP contribution < -0.4 is 10.1 Å². The molecule has 2 heterocycles. The van der Waals surface area contributed by atoms with E-state index in [2.05, 4.69) is 39.9 Å². The van der Waals surface area contributed by atoms with E-state index in [4.69, 9.17) is 4.74 Å². The van der Waals surface area contributed by atoms with Crippen LogP contribution in [0, 0.1) is 13.8 Å². The van der Waals surface area contributed by atoms with E-state index in [0.717, 1.165) is 18.6 Å². The van der Waals surface area contributed by atoms with E-state index < -0.39 is 0 Å². The number of fused-ring (bicyclic) bond motifs is 3. The molecule has 2 nitrogen and oxygen atoms in total. The van der Waals surface area contributed by atoms with Crippen molar-refractivity contribution in [3.63, 3.8) is 0 Å². The van der Waals surface area contributed by atoms with Gasteiger partial charge in [-0.25, -0.2) is 0 Å². The van der Waals surface area contributed by atoms with Crippen LogP contribution in [0.3, 0.4) is 0 Å². The van der Waals surface area contributed by atoms with E-state index in [9.17, 15) is 0 Å². The van der Waals surface area contributed by atoms with Crippen molar-refractivity contribution in [1.82, 2.24) is 0 Å². The van der Waals surface area contributed by atoms with Gasteiger partial charge in [0, 0.05) is 23.7 Å². The lowest BCUT2D eigenvalue weighted by molar-refractivity contribution is 0.137. The molecule has 1 atom stereocenters. The first-order valence-electron chi connectivity index (χ1n) is 6.49. The van der Waals surface area contributed by atoms with E-state index in [1.807, 2.05) is 0 Å². The van der Waals surface area contributed by atoms with Crippen LogP contribution >= 0.6 is 0 Å². The van der Waals surface area contributed by atoms with Crippen LogP contribution in [-0.2, 0) is 12.8 Å². The van der Waals surface area contributed by atoms with Gasteiger partial charge in [0.1, 0.15) is 11.4 Å². The Hall–Kier alpha value is -1.18. The fourth-order valence-corrected chi connectivity index (χ4v) is 3.19. The third kappa shape index (κ3) is 1.46. The molecule has 17 heavy (non-hydrogen) atoms. The lowest BCUT2D eigenvalue weighted by Gasteiger charge is -2.18. The van der Waals surface area contributed by atoms with Crippen LogP contribution in [-0.4, -0.2) is 11.6 Å². The highest BCUT2D eigenvalue weighted by atomic mass is 16.5. The zero-order chi connectivity index (χ0) is 12.4. The minimum atomic E-state index is -0.0412. The Labute approximate surface area is 103 Å². The molecular weight excluding hydrogens is 210 g/mol. The fraction of sp³-hybridized carbons (Fsp3) is 0.600. The van der Waals surface area contributed by atoms with Gasteiger partial charge in [0.2, 0.25) is 0 Å². The molecule has 0 saturated carbocycles. The van der Waals surface area contributed by atoms with E-state index >= 15 is 0 Å². The third-order valence-electron chi connectivity index (χ3n) is 4.10. The van der Waals surface area contributed by atoms with E-state index in [1.54, 1.807) is 0 Å². The van der Waals surface area contributed by atoms with Gasteiger partial charge in [0.05, 0.1) is 0 Å². The minimum Gasteiger partial charge on any atom is -0.487 e. The van der Waals surface area contributed by atoms with E-state index in [-0.39, 0.29) is 5.60 Å². The Morgan fingerprint density at radius 1 is 1.18 bits per heavy atom. The first-order valence-corrected chi connectivity index (χ1v) is 6.49. The predicted octanol–water partition coefficient (Wildman–Crippen LogP) is 3.37. The summed E-state index contributed by atoms with van der Waals surface area (Å²) in [6, 6.07) is 0.554. The average molecular weight is 231 g/mol. The minimum absolute atomic E-state index is 0.0412. The number of ether oxygens (including phenoxy) is 1. The summed E-state index contributed by atoms with van der Waals surface area (Å²) in [6.45, 7) is 11.0. The molecule has 0 amide bonds. The zero-order valence-corrected chi connectivity index (χ0v) is 11.4. The highest BCUT2D eigenvalue weighted by molar-refractivity contribution is 5.72. The van der Waals surface area contributed by atoms with Crippen molar-refractivity contribution in [1.29, 1.82) is 0 Å². The van der Waals surface area contributed by atoms with Gasteiger partial charge in [0.15, 0.2) is 0 Å². The summed E-state index contributed by atoms with van der Waals surface area (Å²) in [4.78, 5) is 0. The number of anilines is 1. The summed E-state index contributed by atoms with van der Waals surface area (Å²) in [5.74, 6) is 1.15. The van der Waals surface area contributed by atoms with Gasteiger partial charge < -0.3 is 10.1 Å². The van der Waals surface area contributed by atoms with E-state index in [1.165, 1.54) is 27.9 Å². The quantitative estimate of drug-likeness (QED) is 0.739. The second-order valence-electron chi connectivity index (χ2n) is 6.20. The molecule has 0 radical (unpaired) electrons. The lowest BCUT2D eigenvalue weighted by atomic mass is 9.91. The third-order valence-corrected chi connectivity index (χ3v) is 4.10. The first kappa shape index (κ1) is 10.9. The maximum atomic E-state index is 6.14. The Bertz CT molecular complexity index is 502. The number of hydrogen-bond acceptors (Lipinski definition) is 2. The molecule has 1 aromatic rings. The number of rotatable bonds is 0. The van der Waals surface area contributed by atoms with Gasteiger partial charge in [-0.1, -0.05) is 0 Å². The molecule has 1 aromatic carbocycles. The molecule has 0 aliphatic carbocycles. The summed E-state index contributed by atoms with van der Waals surface area (Å²) in [5.41, 5.74) is 6.95. The molecule has 2 aliphatic rings. The normalized spacial score (nSPS) is 23.9. The number of nitrogens with one attached hydrogen (secondary N) is 1.